The lowest BCUT2D eigenvalue weighted by molar-refractivity contribution is 0.103. The van der Waals surface area contributed by atoms with Crippen molar-refractivity contribution in [3.05, 3.63) is 65.5 Å². The van der Waals surface area contributed by atoms with E-state index >= 15 is 0 Å². The molecule has 0 saturated heterocycles. The fourth-order valence-corrected chi connectivity index (χ4v) is 3.47. The highest BCUT2D eigenvalue weighted by Gasteiger charge is 2.12. The molecule has 2 heterocycles. The average Bonchev–Trinajstić information content (AvgIpc) is 3.03. The van der Waals surface area contributed by atoms with Crippen LogP contribution in [0.1, 0.15) is 9.67 Å². The quantitative estimate of drug-likeness (QED) is 0.590. The summed E-state index contributed by atoms with van der Waals surface area (Å²) in [5, 5.41) is 4.96. The normalized spacial score (nSPS) is 10.9. The molecular weight excluding hydrogens is 320 g/mol. The summed E-state index contributed by atoms with van der Waals surface area (Å²) < 4.78 is 5.12. The molecule has 0 bridgehead atoms. The van der Waals surface area contributed by atoms with Gasteiger partial charge in [0, 0.05) is 16.5 Å². The number of hydrogen-bond donors (Lipinski definition) is 1. The Morgan fingerprint density at radius 1 is 1.04 bits per heavy atom. The van der Waals surface area contributed by atoms with Crippen LogP contribution in [-0.4, -0.2) is 18.0 Å². The van der Waals surface area contributed by atoms with Crippen LogP contribution in [0.2, 0.25) is 0 Å². The molecule has 0 aliphatic rings. The number of methoxy groups -OCH3 is 1. The number of pyridine rings is 1. The van der Waals surface area contributed by atoms with Gasteiger partial charge in [0.15, 0.2) is 0 Å². The third-order valence-electron chi connectivity index (χ3n) is 3.78. The number of fused-ring (bicyclic) bond motifs is 2. The van der Waals surface area contributed by atoms with Crippen molar-refractivity contribution in [3.8, 4) is 5.75 Å². The topological polar surface area (TPSA) is 51.2 Å². The fraction of sp³-hybridized carbons (Fsp3) is 0.0526. The lowest BCUT2D eigenvalue weighted by Gasteiger charge is -2.04. The third-order valence-corrected chi connectivity index (χ3v) is 4.83. The number of thiophene rings is 1. The molecule has 1 N–H and O–H groups in total. The number of benzene rings is 2. The smallest absolute Gasteiger partial charge is 0.265 e. The van der Waals surface area contributed by atoms with Gasteiger partial charge in [-0.15, -0.1) is 11.3 Å². The van der Waals surface area contributed by atoms with Gasteiger partial charge in [-0.2, -0.15) is 0 Å². The zero-order chi connectivity index (χ0) is 16.5. The fourth-order valence-electron chi connectivity index (χ4n) is 2.55. The lowest BCUT2D eigenvalue weighted by Crippen LogP contribution is -2.09. The number of rotatable bonds is 3. The standard InChI is InChI=1S/C19H14N2O2S/c1-23-15-8-6-14(7-9-15)20-18(22)17-11-13-10-12-4-2-3-5-16(12)21-19(13)24-17/h2-11H,1H3,(H,20,22). The van der Waals surface area contributed by atoms with Crippen LogP contribution in [0.3, 0.4) is 0 Å². The molecule has 0 spiro atoms. The van der Waals surface area contributed by atoms with E-state index in [0.717, 1.165) is 32.6 Å². The lowest BCUT2D eigenvalue weighted by atomic mass is 10.2. The van der Waals surface area contributed by atoms with Gasteiger partial charge in [-0.05, 0) is 42.5 Å². The SMILES string of the molecule is COc1ccc(NC(=O)c2cc3cc4ccccc4nc3s2)cc1. The van der Waals surface area contributed by atoms with Gasteiger partial charge >= 0.3 is 0 Å². The van der Waals surface area contributed by atoms with E-state index in [4.69, 9.17) is 4.74 Å². The molecule has 24 heavy (non-hydrogen) atoms. The van der Waals surface area contributed by atoms with Crippen molar-refractivity contribution in [1.29, 1.82) is 0 Å². The highest BCUT2D eigenvalue weighted by atomic mass is 32.1. The number of hydrogen-bond acceptors (Lipinski definition) is 4. The maximum Gasteiger partial charge on any atom is 0.265 e. The van der Waals surface area contributed by atoms with Crippen molar-refractivity contribution in [1.82, 2.24) is 4.98 Å². The van der Waals surface area contributed by atoms with Gasteiger partial charge in [0.2, 0.25) is 0 Å². The van der Waals surface area contributed by atoms with E-state index in [2.05, 4.69) is 16.4 Å². The van der Waals surface area contributed by atoms with Crippen LogP contribution in [0, 0.1) is 0 Å². The molecule has 4 rings (SSSR count). The largest absolute Gasteiger partial charge is 0.497 e. The number of anilines is 1. The predicted octanol–water partition coefficient (Wildman–Crippen LogP) is 4.71. The molecule has 0 radical (unpaired) electrons. The van der Waals surface area contributed by atoms with Gasteiger partial charge in [0.25, 0.3) is 5.91 Å². The van der Waals surface area contributed by atoms with E-state index in [1.165, 1.54) is 11.3 Å². The van der Waals surface area contributed by atoms with Gasteiger partial charge < -0.3 is 10.1 Å². The molecule has 4 aromatic rings. The second kappa shape index (κ2) is 5.94. The monoisotopic (exact) mass is 334 g/mol. The van der Waals surface area contributed by atoms with Crippen LogP contribution in [-0.2, 0) is 0 Å². The Hall–Kier alpha value is -2.92. The van der Waals surface area contributed by atoms with Crippen molar-refractivity contribution in [2.75, 3.05) is 12.4 Å². The minimum Gasteiger partial charge on any atom is -0.497 e. The van der Waals surface area contributed by atoms with Gasteiger partial charge in [-0.1, -0.05) is 18.2 Å². The molecule has 2 aromatic carbocycles. The first kappa shape index (κ1) is 14.7. The number of ether oxygens (including phenoxy) is 1. The number of nitrogens with one attached hydrogen (secondary N) is 1. The average molecular weight is 334 g/mol. The van der Waals surface area contributed by atoms with Gasteiger partial charge in [0.1, 0.15) is 10.6 Å². The Morgan fingerprint density at radius 3 is 2.62 bits per heavy atom. The van der Waals surface area contributed by atoms with Crippen LogP contribution in [0.4, 0.5) is 5.69 Å². The van der Waals surface area contributed by atoms with E-state index < -0.39 is 0 Å². The number of para-hydroxylation sites is 1. The molecule has 118 valence electrons. The van der Waals surface area contributed by atoms with Crippen LogP contribution in [0.5, 0.6) is 5.75 Å². The first-order valence-corrected chi connectivity index (χ1v) is 8.29. The van der Waals surface area contributed by atoms with Crippen LogP contribution >= 0.6 is 11.3 Å². The molecule has 1 amide bonds. The molecule has 0 saturated carbocycles. The first-order valence-electron chi connectivity index (χ1n) is 7.48. The second-order valence-corrected chi connectivity index (χ2v) is 6.40. The molecule has 0 unspecified atom stereocenters. The maximum atomic E-state index is 12.5. The molecule has 2 aromatic heterocycles. The van der Waals surface area contributed by atoms with E-state index in [-0.39, 0.29) is 5.91 Å². The van der Waals surface area contributed by atoms with Crippen molar-refractivity contribution in [2.45, 2.75) is 0 Å². The Balaban J connectivity index is 1.64. The minimum atomic E-state index is -0.132. The molecule has 0 aliphatic heterocycles. The van der Waals surface area contributed by atoms with E-state index in [1.54, 1.807) is 7.11 Å². The molecule has 0 aliphatic carbocycles. The second-order valence-electron chi connectivity index (χ2n) is 5.37. The molecule has 0 atom stereocenters. The summed E-state index contributed by atoms with van der Waals surface area (Å²) in [5.41, 5.74) is 1.67. The van der Waals surface area contributed by atoms with Crippen LogP contribution in [0.15, 0.2) is 60.7 Å². The Kier molecular flexibility index (Phi) is 3.63. The summed E-state index contributed by atoms with van der Waals surface area (Å²) in [6, 6.07) is 19.2. The van der Waals surface area contributed by atoms with E-state index in [9.17, 15) is 4.79 Å². The Bertz CT molecular complexity index is 986. The summed E-state index contributed by atoms with van der Waals surface area (Å²) in [5.74, 6) is 0.623. The van der Waals surface area contributed by atoms with Gasteiger partial charge in [0.05, 0.1) is 17.5 Å². The van der Waals surface area contributed by atoms with Crippen molar-refractivity contribution in [3.63, 3.8) is 0 Å². The van der Waals surface area contributed by atoms with Crippen molar-refractivity contribution in [2.24, 2.45) is 0 Å². The van der Waals surface area contributed by atoms with Crippen molar-refractivity contribution >= 4 is 44.1 Å². The van der Waals surface area contributed by atoms with E-state index in [1.807, 2.05) is 54.6 Å². The summed E-state index contributed by atoms with van der Waals surface area (Å²) in [6.07, 6.45) is 0. The molecule has 5 heteroatoms. The zero-order valence-electron chi connectivity index (χ0n) is 12.9. The number of carbonyl (C=O) groups excluding carboxylic acids is 1. The summed E-state index contributed by atoms with van der Waals surface area (Å²) >= 11 is 1.40. The maximum absolute atomic E-state index is 12.5. The molecular formula is C19H14N2O2S. The Labute approximate surface area is 142 Å². The van der Waals surface area contributed by atoms with E-state index in [0.29, 0.717) is 4.88 Å². The number of carbonyl (C=O) groups is 1. The molecule has 0 fully saturated rings. The minimum absolute atomic E-state index is 0.132. The zero-order valence-corrected chi connectivity index (χ0v) is 13.8. The van der Waals surface area contributed by atoms with Gasteiger partial charge in [-0.3, -0.25) is 4.79 Å². The number of nitrogens with zero attached hydrogens (tertiary/aromatic N) is 1. The van der Waals surface area contributed by atoms with Crippen molar-refractivity contribution < 1.29 is 9.53 Å². The summed E-state index contributed by atoms with van der Waals surface area (Å²) in [7, 11) is 1.61. The molecule has 4 nitrogen and oxygen atoms in total. The van der Waals surface area contributed by atoms with Crippen LogP contribution < -0.4 is 10.1 Å². The number of amides is 1. The highest BCUT2D eigenvalue weighted by Crippen LogP contribution is 2.28. The van der Waals surface area contributed by atoms with Crippen LogP contribution in [0.25, 0.3) is 21.1 Å². The predicted molar refractivity (Wildman–Crippen MR) is 98.1 cm³/mol. The van der Waals surface area contributed by atoms with Gasteiger partial charge in [-0.25, -0.2) is 4.98 Å². The number of aromatic nitrogens is 1. The third kappa shape index (κ3) is 2.70. The Morgan fingerprint density at radius 2 is 1.83 bits per heavy atom. The highest BCUT2D eigenvalue weighted by molar-refractivity contribution is 7.20. The first-order chi connectivity index (χ1) is 11.7. The summed E-state index contributed by atoms with van der Waals surface area (Å²) in [4.78, 5) is 18.6. The summed E-state index contributed by atoms with van der Waals surface area (Å²) in [6.45, 7) is 0.